The molecule has 4 N–H and O–H groups in total. The summed E-state index contributed by atoms with van der Waals surface area (Å²) in [6.07, 6.45) is -4.03. The smallest absolute Gasteiger partial charge is 0.452 e. The van der Waals surface area contributed by atoms with Crippen LogP contribution in [-0.2, 0) is 16.1 Å². The van der Waals surface area contributed by atoms with E-state index in [1.54, 1.807) is 0 Å². The van der Waals surface area contributed by atoms with Crippen molar-refractivity contribution in [2.24, 2.45) is 5.92 Å². The van der Waals surface area contributed by atoms with Crippen LogP contribution in [0.25, 0.3) is 11.4 Å². The van der Waals surface area contributed by atoms with Gasteiger partial charge in [0, 0.05) is 5.56 Å². The van der Waals surface area contributed by atoms with Crippen LogP contribution in [0.4, 0.5) is 18.9 Å². The van der Waals surface area contributed by atoms with E-state index in [4.69, 9.17) is 5.73 Å². The number of carbonyl (C=O) groups is 2. The molecule has 2 aromatic rings. The number of aromatic nitrogens is 2. The van der Waals surface area contributed by atoms with Crippen LogP contribution in [0.5, 0.6) is 5.75 Å². The Morgan fingerprint density at radius 2 is 1.83 bits per heavy atom. The van der Waals surface area contributed by atoms with Crippen LogP contribution < -0.4 is 16.6 Å². The van der Waals surface area contributed by atoms with Crippen LogP contribution in [0.1, 0.15) is 13.8 Å². The average molecular weight is 412 g/mol. The van der Waals surface area contributed by atoms with Crippen molar-refractivity contribution in [1.82, 2.24) is 14.9 Å². The summed E-state index contributed by atoms with van der Waals surface area (Å²) < 4.78 is 39.2. The van der Waals surface area contributed by atoms with Crippen molar-refractivity contribution in [2.75, 3.05) is 5.73 Å². The molecule has 1 heterocycles. The number of phenols is 1. The number of alkyl halides is 3. The molecule has 1 aromatic heterocycles. The predicted octanol–water partition coefficient (Wildman–Crippen LogP) is 1.47. The molecular formula is C18H19F3N4O4. The molecule has 1 atom stereocenters. The first-order valence-electron chi connectivity index (χ1n) is 8.47. The highest BCUT2D eigenvalue weighted by atomic mass is 19.4. The molecule has 156 valence electrons. The highest BCUT2D eigenvalue weighted by Gasteiger charge is 2.45. The highest BCUT2D eigenvalue weighted by Crippen LogP contribution is 2.22. The van der Waals surface area contributed by atoms with Crippen molar-refractivity contribution in [3.63, 3.8) is 0 Å². The van der Waals surface area contributed by atoms with Crippen LogP contribution >= 0.6 is 0 Å². The van der Waals surface area contributed by atoms with Crippen molar-refractivity contribution in [3.05, 3.63) is 40.8 Å². The highest BCUT2D eigenvalue weighted by molar-refractivity contribution is 5.93. The minimum Gasteiger partial charge on any atom is -0.508 e. The molecule has 0 bridgehead atoms. The first-order chi connectivity index (χ1) is 13.4. The van der Waals surface area contributed by atoms with E-state index in [2.05, 4.69) is 4.98 Å². The number of ketones is 1. The van der Waals surface area contributed by atoms with E-state index in [1.807, 2.05) is 5.32 Å². The minimum absolute atomic E-state index is 0.0163. The van der Waals surface area contributed by atoms with Gasteiger partial charge in [-0.05, 0) is 30.2 Å². The number of Topliss-reactive ketones (excluding diaryl/α,β-unsaturated/α-hetero) is 1. The lowest BCUT2D eigenvalue weighted by molar-refractivity contribution is -0.174. The van der Waals surface area contributed by atoms with Gasteiger partial charge in [-0.1, -0.05) is 13.8 Å². The van der Waals surface area contributed by atoms with Crippen molar-refractivity contribution >= 4 is 17.4 Å². The van der Waals surface area contributed by atoms with Crippen LogP contribution in [0.15, 0.2) is 35.3 Å². The Balaban J connectivity index is 2.36. The van der Waals surface area contributed by atoms with Gasteiger partial charge in [0.1, 0.15) is 23.8 Å². The van der Waals surface area contributed by atoms with Gasteiger partial charge in [-0.2, -0.15) is 13.2 Å². The number of halogens is 3. The van der Waals surface area contributed by atoms with Gasteiger partial charge in [0.2, 0.25) is 5.91 Å². The molecule has 0 aliphatic rings. The van der Waals surface area contributed by atoms with Gasteiger partial charge in [0.05, 0.1) is 12.2 Å². The summed E-state index contributed by atoms with van der Waals surface area (Å²) in [5.74, 6) is -3.93. The number of carbonyl (C=O) groups excluding carboxylic acids is 2. The van der Waals surface area contributed by atoms with E-state index in [-0.39, 0.29) is 17.3 Å². The number of aromatic hydroxyl groups is 1. The molecule has 0 saturated heterocycles. The summed E-state index contributed by atoms with van der Waals surface area (Å²) in [4.78, 5) is 40.3. The topological polar surface area (TPSA) is 127 Å². The molecule has 0 spiro atoms. The third kappa shape index (κ3) is 5.12. The Morgan fingerprint density at radius 3 is 2.34 bits per heavy atom. The monoisotopic (exact) mass is 412 g/mol. The van der Waals surface area contributed by atoms with Crippen LogP contribution in [0, 0.1) is 5.92 Å². The minimum atomic E-state index is -5.12. The van der Waals surface area contributed by atoms with E-state index in [0.29, 0.717) is 5.56 Å². The van der Waals surface area contributed by atoms with E-state index in [1.165, 1.54) is 38.1 Å². The Bertz CT molecular complexity index is 969. The van der Waals surface area contributed by atoms with Gasteiger partial charge < -0.3 is 16.2 Å². The molecule has 1 amide bonds. The van der Waals surface area contributed by atoms with Crippen molar-refractivity contribution in [2.45, 2.75) is 32.6 Å². The number of nitrogen functional groups attached to an aromatic ring is 1. The van der Waals surface area contributed by atoms with E-state index < -0.39 is 41.9 Å². The number of benzene rings is 1. The first-order valence-corrected chi connectivity index (χ1v) is 8.47. The molecular weight excluding hydrogens is 393 g/mol. The third-order valence-electron chi connectivity index (χ3n) is 4.05. The number of hydrogen-bond donors (Lipinski definition) is 3. The number of hydrogen-bond acceptors (Lipinski definition) is 6. The number of nitrogens with one attached hydrogen (secondary N) is 1. The maximum Gasteiger partial charge on any atom is 0.452 e. The Labute approximate surface area is 163 Å². The first kappa shape index (κ1) is 21.9. The SMILES string of the molecule is CC(C)C(NC(=O)Cn1c(-c2ccc(O)cc2)ncc(N)c1=O)C(=O)C(F)(F)F. The van der Waals surface area contributed by atoms with E-state index in [0.717, 1.165) is 10.8 Å². The molecule has 0 aliphatic heterocycles. The largest absolute Gasteiger partial charge is 0.508 e. The molecule has 0 fully saturated rings. The molecule has 11 heteroatoms. The number of nitrogens with two attached hydrogens (primary N) is 1. The van der Waals surface area contributed by atoms with Gasteiger partial charge in [0.15, 0.2) is 0 Å². The molecule has 0 saturated carbocycles. The number of rotatable bonds is 6. The Hall–Kier alpha value is -3.37. The summed E-state index contributed by atoms with van der Waals surface area (Å²) in [5.41, 5.74) is 4.86. The zero-order valence-corrected chi connectivity index (χ0v) is 15.5. The second kappa shape index (κ2) is 8.33. The van der Waals surface area contributed by atoms with Crippen LogP contribution in [0.3, 0.4) is 0 Å². The van der Waals surface area contributed by atoms with Crippen LogP contribution in [0.2, 0.25) is 0 Å². The second-order valence-corrected chi connectivity index (χ2v) is 6.63. The summed E-state index contributed by atoms with van der Waals surface area (Å²) in [6.45, 7) is 2.00. The lowest BCUT2D eigenvalue weighted by Crippen LogP contribution is -2.51. The van der Waals surface area contributed by atoms with Gasteiger partial charge in [-0.25, -0.2) is 4.98 Å². The van der Waals surface area contributed by atoms with Crippen molar-refractivity contribution in [3.8, 4) is 17.1 Å². The fourth-order valence-corrected chi connectivity index (χ4v) is 2.57. The van der Waals surface area contributed by atoms with E-state index >= 15 is 0 Å². The predicted molar refractivity (Wildman–Crippen MR) is 97.8 cm³/mol. The molecule has 0 radical (unpaired) electrons. The lowest BCUT2D eigenvalue weighted by Gasteiger charge is -2.22. The number of nitrogens with zero attached hydrogens (tertiary/aromatic N) is 2. The summed E-state index contributed by atoms with van der Waals surface area (Å²) >= 11 is 0. The van der Waals surface area contributed by atoms with Gasteiger partial charge in [0.25, 0.3) is 11.3 Å². The Kier molecular flexibility index (Phi) is 6.30. The fourth-order valence-electron chi connectivity index (χ4n) is 2.57. The summed E-state index contributed by atoms with van der Waals surface area (Å²) in [6, 6.07) is 3.74. The number of phenolic OH excluding ortho intramolecular Hbond substituents is 1. The number of amides is 1. The maximum atomic E-state index is 12.8. The quantitative estimate of drug-likeness (QED) is 0.659. The Morgan fingerprint density at radius 1 is 1.24 bits per heavy atom. The fraction of sp³-hybridized carbons (Fsp3) is 0.333. The lowest BCUT2D eigenvalue weighted by atomic mass is 9.99. The summed E-state index contributed by atoms with van der Waals surface area (Å²) in [7, 11) is 0. The summed E-state index contributed by atoms with van der Waals surface area (Å²) in [5, 5.41) is 11.4. The normalized spacial score (nSPS) is 12.6. The third-order valence-corrected chi connectivity index (χ3v) is 4.05. The average Bonchev–Trinajstić information content (AvgIpc) is 2.63. The molecule has 2 rings (SSSR count). The van der Waals surface area contributed by atoms with Crippen molar-refractivity contribution in [1.29, 1.82) is 0 Å². The zero-order valence-electron chi connectivity index (χ0n) is 15.5. The molecule has 1 aromatic carbocycles. The number of anilines is 1. The standard InChI is InChI=1S/C18H19F3N4O4/c1-9(2)14(15(28)18(19,20)21)24-13(27)8-25-16(23-7-12(22)17(25)29)10-3-5-11(26)6-4-10/h3-7,9,14,26H,8,22H2,1-2H3,(H,24,27). The zero-order chi connectivity index (χ0) is 21.9. The van der Waals surface area contributed by atoms with E-state index in [9.17, 15) is 32.7 Å². The second-order valence-electron chi connectivity index (χ2n) is 6.63. The van der Waals surface area contributed by atoms with Gasteiger partial charge >= 0.3 is 6.18 Å². The molecule has 0 aliphatic carbocycles. The van der Waals surface area contributed by atoms with Gasteiger partial charge in [-0.3, -0.25) is 19.0 Å². The molecule has 1 unspecified atom stereocenters. The van der Waals surface area contributed by atoms with Crippen molar-refractivity contribution < 1.29 is 27.9 Å². The van der Waals surface area contributed by atoms with Crippen LogP contribution in [-0.4, -0.2) is 38.6 Å². The van der Waals surface area contributed by atoms with Gasteiger partial charge in [-0.15, -0.1) is 0 Å². The molecule has 8 nitrogen and oxygen atoms in total. The maximum absolute atomic E-state index is 12.8. The molecule has 29 heavy (non-hydrogen) atoms.